The maximum Gasteiger partial charge on any atom is 0.494 e. The lowest BCUT2D eigenvalue weighted by Gasteiger charge is -2.32. The smallest absolute Gasteiger partial charge is 0.399 e. The standard InChI is InChI=1S/C14H19BN4O2/c1-13(2)14(3,4)21-15(20-13)12-7-5-6-11(8-12)9-19-10-16-17-18-19/h5-8,10H,9H2,1-4H3. The molecule has 1 saturated heterocycles. The molecule has 6 nitrogen and oxygen atoms in total. The second-order valence-corrected chi connectivity index (χ2v) is 6.34. The van der Waals surface area contributed by atoms with Gasteiger partial charge in [-0.2, -0.15) is 0 Å². The van der Waals surface area contributed by atoms with Crippen LogP contribution in [0.15, 0.2) is 30.6 Å². The first-order valence-electron chi connectivity index (χ1n) is 7.03. The van der Waals surface area contributed by atoms with Crippen molar-refractivity contribution >= 4 is 12.6 Å². The van der Waals surface area contributed by atoms with Crippen molar-refractivity contribution in [1.82, 2.24) is 20.2 Å². The Morgan fingerprint density at radius 3 is 2.48 bits per heavy atom. The molecule has 1 fully saturated rings. The second-order valence-electron chi connectivity index (χ2n) is 6.34. The van der Waals surface area contributed by atoms with Gasteiger partial charge in [-0.05, 0) is 49.1 Å². The second kappa shape index (κ2) is 4.93. The van der Waals surface area contributed by atoms with Gasteiger partial charge >= 0.3 is 7.12 Å². The van der Waals surface area contributed by atoms with Crippen LogP contribution >= 0.6 is 0 Å². The molecule has 0 bridgehead atoms. The summed E-state index contributed by atoms with van der Waals surface area (Å²) in [5.41, 5.74) is 1.46. The molecule has 1 aliphatic heterocycles. The largest absolute Gasteiger partial charge is 0.494 e. The van der Waals surface area contributed by atoms with Crippen LogP contribution in [0.4, 0.5) is 0 Å². The summed E-state index contributed by atoms with van der Waals surface area (Å²) in [4.78, 5) is 0. The van der Waals surface area contributed by atoms with Crippen molar-refractivity contribution in [2.75, 3.05) is 0 Å². The van der Waals surface area contributed by atoms with Crippen LogP contribution in [-0.4, -0.2) is 38.5 Å². The fraction of sp³-hybridized carbons (Fsp3) is 0.500. The summed E-state index contributed by atoms with van der Waals surface area (Å²) in [7, 11) is -0.344. The Morgan fingerprint density at radius 1 is 1.14 bits per heavy atom. The lowest BCUT2D eigenvalue weighted by atomic mass is 9.78. The van der Waals surface area contributed by atoms with Crippen LogP contribution < -0.4 is 5.46 Å². The number of hydrogen-bond donors (Lipinski definition) is 0. The number of benzene rings is 1. The molecule has 0 N–H and O–H groups in total. The highest BCUT2D eigenvalue weighted by Gasteiger charge is 2.51. The van der Waals surface area contributed by atoms with Gasteiger partial charge in [0.05, 0.1) is 17.7 Å². The highest BCUT2D eigenvalue weighted by Crippen LogP contribution is 2.36. The molecule has 2 aromatic rings. The predicted octanol–water partition coefficient (Wildman–Crippen LogP) is 1.02. The molecule has 1 aliphatic rings. The van der Waals surface area contributed by atoms with Crippen molar-refractivity contribution in [2.24, 2.45) is 0 Å². The number of rotatable bonds is 3. The zero-order valence-electron chi connectivity index (χ0n) is 12.8. The fourth-order valence-electron chi connectivity index (χ4n) is 2.26. The van der Waals surface area contributed by atoms with Crippen molar-refractivity contribution in [2.45, 2.75) is 45.4 Å². The van der Waals surface area contributed by atoms with Gasteiger partial charge in [0.15, 0.2) is 0 Å². The highest BCUT2D eigenvalue weighted by atomic mass is 16.7. The third-order valence-electron chi connectivity index (χ3n) is 4.21. The molecule has 0 saturated carbocycles. The molecular formula is C14H19BN4O2. The normalized spacial score (nSPS) is 19.9. The monoisotopic (exact) mass is 286 g/mol. The van der Waals surface area contributed by atoms with Crippen LogP contribution in [0.1, 0.15) is 33.3 Å². The van der Waals surface area contributed by atoms with Gasteiger partial charge in [-0.15, -0.1) is 5.10 Å². The van der Waals surface area contributed by atoms with E-state index < -0.39 is 0 Å². The molecule has 7 heteroatoms. The average Bonchev–Trinajstić information content (AvgIpc) is 2.97. The molecule has 0 radical (unpaired) electrons. The molecule has 21 heavy (non-hydrogen) atoms. The molecule has 1 aromatic heterocycles. The topological polar surface area (TPSA) is 62.1 Å². The van der Waals surface area contributed by atoms with Crippen molar-refractivity contribution in [3.63, 3.8) is 0 Å². The SMILES string of the molecule is CC1(C)OB(c2cccc(Cn3cnnn3)c2)OC1(C)C. The van der Waals surface area contributed by atoms with Crippen molar-refractivity contribution in [1.29, 1.82) is 0 Å². The zero-order chi connectivity index (χ0) is 15.1. The Morgan fingerprint density at radius 2 is 1.86 bits per heavy atom. The third kappa shape index (κ3) is 2.71. The maximum atomic E-state index is 6.07. The summed E-state index contributed by atoms with van der Waals surface area (Å²) < 4.78 is 13.8. The van der Waals surface area contributed by atoms with Gasteiger partial charge in [0.25, 0.3) is 0 Å². The van der Waals surface area contributed by atoms with Crippen LogP contribution in [-0.2, 0) is 15.9 Å². The lowest BCUT2D eigenvalue weighted by molar-refractivity contribution is 0.00578. The van der Waals surface area contributed by atoms with Crippen molar-refractivity contribution in [3.05, 3.63) is 36.2 Å². The minimum absolute atomic E-state index is 0.330. The van der Waals surface area contributed by atoms with E-state index in [0.29, 0.717) is 6.54 Å². The van der Waals surface area contributed by atoms with E-state index in [1.54, 1.807) is 11.0 Å². The van der Waals surface area contributed by atoms with Crippen LogP contribution in [0.25, 0.3) is 0 Å². The first-order valence-corrected chi connectivity index (χ1v) is 7.03. The minimum Gasteiger partial charge on any atom is -0.399 e. The van der Waals surface area contributed by atoms with Gasteiger partial charge in [-0.3, -0.25) is 0 Å². The minimum atomic E-state index is -0.344. The Labute approximate surface area is 124 Å². The number of nitrogens with zero attached hydrogens (tertiary/aromatic N) is 4. The first kappa shape index (κ1) is 14.2. The van der Waals surface area contributed by atoms with E-state index >= 15 is 0 Å². The molecule has 3 rings (SSSR count). The van der Waals surface area contributed by atoms with E-state index in [1.165, 1.54) is 0 Å². The van der Waals surface area contributed by atoms with Gasteiger partial charge in [0.1, 0.15) is 6.33 Å². The molecule has 110 valence electrons. The number of aromatic nitrogens is 4. The molecular weight excluding hydrogens is 267 g/mol. The van der Waals surface area contributed by atoms with Crippen molar-refractivity contribution < 1.29 is 9.31 Å². The summed E-state index contributed by atoms with van der Waals surface area (Å²) in [6, 6.07) is 8.13. The van der Waals surface area contributed by atoms with E-state index in [2.05, 4.69) is 49.3 Å². The molecule has 0 aliphatic carbocycles. The summed E-state index contributed by atoms with van der Waals surface area (Å²) in [6.45, 7) is 8.84. The van der Waals surface area contributed by atoms with Crippen LogP contribution in [0.5, 0.6) is 0 Å². The zero-order valence-corrected chi connectivity index (χ0v) is 12.8. The van der Waals surface area contributed by atoms with Gasteiger partial charge in [-0.25, -0.2) is 4.68 Å². The number of hydrogen-bond acceptors (Lipinski definition) is 5. The van der Waals surface area contributed by atoms with E-state index in [-0.39, 0.29) is 18.3 Å². The summed E-state index contributed by atoms with van der Waals surface area (Å²) in [5.74, 6) is 0. The van der Waals surface area contributed by atoms with Gasteiger partial charge in [-0.1, -0.05) is 24.3 Å². The lowest BCUT2D eigenvalue weighted by Crippen LogP contribution is -2.41. The summed E-state index contributed by atoms with van der Waals surface area (Å²) in [6.07, 6.45) is 1.60. The van der Waals surface area contributed by atoms with E-state index in [4.69, 9.17) is 9.31 Å². The Kier molecular flexibility index (Phi) is 3.34. The van der Waals surface area contributed by atoms with E-state index in [9.17, 15) is 0 Å². The Balaban J connectivity index is 1.81. The summed E-state index contributed by atoms with van der Waals surface area (Å²) in [5, 5.41) is 11.2. The molecule has 0 atom stereocenters. The Bertz CT molecular complexity index is 612. The van der Waals surface area contributed by atoms with E-state index in [0.717, 1.165) is 11.0 Å². The van der Waals surface area contributed by atoms with Gasteiger partial charge < -0.3 is 9.31 Å². The molecule has 0 unspecified atom stereocenters. The Hall–Kier alpha value is -1.73. The average molecular weight is 286 g/mol. The summed E-state index contributed by atoms with van der Waals surface area (Å²) >= 11 is 0. The van der Waals surface area contributed by atoms with Crippen LogP contribution in [0.2, 0.25) is 0 Å². The first-order chi connectivity index (χ1) is 9.87. The maximum absolute atomic E-state index is 6.07. The molecule has 2 heterocycles. The molecule has 0 amide bonds. The van der Waals surface area contributed by atoms with Crippen molar-refractivity contribution in [3.8, 4) is 0 Å². The molecule has 0 spiro atoms. The van der Waals surface area contributed by atoms with Crippen LogP contribution in [0, 0.1) is 0 Å². The third-order valence-corrected chi connectivity index (χ3v) is 4.21. The van der Waals surface area contributed by atoms with Gasteiger partial charge in [0, 0.05) is 0 Å². The quantitative estimate of drug-likeness (QED) is 0.788. The molecule has 1 aromatic carbocycles. The highest BCUT2D eigenvalue weighted by molar-refractivity contribution is 6.62. The van der Waals surface area contributed by atoms with Gasteiger partial charge in [0.2, 0.25) is 0 Å². The predicted molar refractivity (Wildman–Crippen MR) is 79.1 cm³/mol. The van der Waals surface area contributed by atoms with Crippen LogP contribution in [0.3, 0.4) is 0 Å². The number of tetrazole rings is 1. The van der Waals surface area contributed by atoms with E-state index in [1.807, 2.05) is 18.2 Å². The fourth-order valence-corrected chi connectivity index (χ4v) is 2.26.